The third kappa shape index (κ3) is 4.88. The van der Waals surface area contributed by atoms with E-state index in [1.165, 1.54) is 11.1 Å². The van der Waals surface area contributed by atoms with Gasteiger partial charge >= 0.3 is 0 Å². The molecule has 3 aliphatic rings. The van der Waals surface area contributed by atoms with Crippen molar-refractivity contribution < 1.29 is 14.6 Å². The summed E-state index contributed by atoms with van der Waals surface area (Å²) in [6.45, 7) is 9.91. The zero-order valence-corrected chi connectivity index (χ0v) is 21.8. The number of hydrogen-bond acceptors (Lipinski definition) is 8. The molecule has 1 N–H and O–H groups in total. The number of benzene rings is 1. The summed E-state index contributed by atoms with van der Waals surface area (Å²) >= 11 is 0. The number of aliphatic hydroxyl groups excluding tert-OH is 1. The van der Waals surface area contributed by atoms with Crippen LogP contribution in [0.25, 0.3) is 16.7 Å². The number of hydrogen-bond donors (Lipinski definition) is 1. The van der Waals surface area contributed by atoms with E-state index in [0.29, 0.717) is 48.9 Å². The Bertz CT molecular complexity index is 1270. The maximum Gasteiger partial charge on any atom is 0.159 e. The molecule has 6 rings (SSSR count). The Labute approximate surface area is 219 Å². The minimum Gasteiger partial charge on any atom is -0.394 e. The molecule has 5 heterocycles. The Hall–Kier alpha value is -2.53. The molecule has 1 aromatic carbocycles. The van der Waals surface area contributed by atoms with Crippen molar-refractivity contribution in [2.24, 2.45) is 0 Å². The average molecular weight is 502 g/mol. The van der Waals surface area contributed by atoms with Crippen LogP contribution in [0.5, 0.6) is 0 Å². The van der Waals surface area contributed by atoms with Gasteiger partial charge in [-0.2, -0.15) is 5.10 Å². The number of aliphatic hydroxyl groups is 1. The highest BCUT2D eigenvalue weighted by atomic mass is 16.5. The van der Waals surface area contributed by atoms with Gasteiger partial charge in [-0.3, -0.25) is 4.90 Å². The van der Waals surface area contributed by atoms with E-state index in [1.54, 1.807) is 0 Å². The number of aryl methyl sites for hydroxylation is 2. The second kappa shape index (κ2) is 10.3. The molecule has 9 nitrogen and oxygen atoms in total. The lowest BCUT2D eigenvalue weighted by atomic mass is 9.85. The first-order chi connectivity index (χ1) is 18.0. The number of morpholine rings is 1. The van der Waals surface area contributed by atoms with Crippen molar-refractivity contribution >= 4 is 30.2 Å². The van der Waals surface area contributed by atoms with Crippen LogP contribution in [0, 0.1) is 13.8 Å². The molecule has 10 heteroatoms. The summed E-state index contributed by atoms with van der Waals surface area (Å²) in [5.41, 5.74) is 4.12. The molecule has 2 radical (unpaired) electrons. The lowest BCUT2D eigenvalue weighted by Gasteiger charge is -2.36. The van der Waals surface area contributed by atoms with E-state index < -0.39 is 0 Å². The summed E-state index contributed by atoms with van der Waals surface area (Å²) in [6, 6.07) is 7.00. The van der Waals surface area contributed by atoms with Crippen molar-refractivity contribution in [2.75, 3.05) is 57.5 Å². The minimum atomic E-state index is -0.216. The maximum atomic E-state index is 9.57. The Morgan fingerprint density at radius 1 is 1.03 bits per heavy atom. The molecule has 0 bridgehead atoms. The number of rotatable bonds is 5. The first-order valence-electron chi connectivity index (χ1n) is 13.4. The van der Waals surface area contributed by atoms with Crippen LogP contribution >= 0.6 is 0 Å². The number of anilines is 1. The molecule has 0 spiro atoms. The van der Waals surface area contributed by atoms with Gasteiger partial charge in [-0.25, -0.2) is 14.6 Å². The summed E-state index contributed by atoms with van der Waals surface area (Å²) in [7, 11) is 6.41. The summed E-state index contributed by atoms with van der Waals surface area (Å²) in [5, 5.41) is 15.2. The second-order valence-electron chi connectivity index (χ2n) is 10.6. The summed E-state index contributed by atoms with van der Waals surface area (Å²) in [6.07, 6.45) is 3.23. The van der Waals surface area contributed by atoms with Crippen LogP contribution in [0.1, 0.15) is 42.1 Å². The lowest BCUT2D eigenvalue weighted by Crippen LogP contribution is -2.44. The number of nitrogens with zero attached hydrogens (tertiary/aromatic N) is 6. The molecule has 0 saturated carbocycles. The molecule has 37 heavy (non-hydrogen) atoms. The van der Waals surface area contributed by atoms with Gasteiger partial charge in [0.1, 0.15) is 19.5 Å². The van der Waals surface area contributed by atoms with Crippen molar-refractivity contribution in [1.82, 2.24) is 24.6 Å². The van der Waals surface area contributed by atoms with Gasteiger partial charge in [0, 0.05) is 42.8 Å². The Morgan fingerprint density at radius 3 is 2.59 bits per heavy atom. The van der Waals surface area contributed by atoms with Crippen LogP contribution in [0.2, 0.25) is 0 Å². The number of likely N-dealkylation sites (tertiary alicyclic amines) is 1. The Morgan fingerprint density at radius 2 is 1.84 bits per heavy atom. The van der Waals surface area contributed by atoms with Gasteiger partial charge in [-0.05, 0) is 75.4 Å². The van der Waals surface area contributed by atoms with Crippen molar-refractivity contribution in [2.45, 2.75) is 51.2 Å². The minimum absolute atomic E-state index is 0.0107. The quantitative estimate of drug-likeness (QED) is 0.524. The second-order valence-corrected chi connectivity index (χ2v) is 10.6. The van der Waals surface area contributed by atoms with E-state index in [0.717, 1.165) is 62.3 Å². The van der Waals surface area contributed by atoms with Crippen LogP contribution in [0.3, 0.4) is 0 Å². The van der Waals surface area contributed by atoms with Crippen LogP contribution < -0.4 is 10.5 Å². The third-order valence-electron chi connectivity index (χ3n) is 8.18. The third-order valence-corrected chi connectivity index (χ3v) is 8.18. The van der Waals surface area contributed by atoms with Gasteiger partial charge in [0.15, 0.2) is 5.82 Å². The monoisotopic (exact) mass is 502 g/mol. The van der Waals surface area contributed by atoms with Crippen molar-refractivity contribution in [3.8, 4) is 5.82 Å². The number of ether oxygens (including phenoxy) is 2. The number of fused-ring (bicyclic) bond motifs is 1. The van der Waals surface area contributed by atoms with Gasteiger partial charge < -0.3 is 19.5 Å². The van der Waals surface area contributed by atoms with Gasteiger partial charge in [0.2, 0.25) is 0 Å². The first kappa shape index (κ1) is 24.8. The summed E-state index contributed by atoms with van der Waals surface area (Å²) < 4.78 is 13.1. The van der Waals surface area contributed by atoms with Gasteiger partial charge in [-0.1, -0.05) is 0 Å². The van der Waals surface area contributed by atoms with Crippen molar-refractivity contribution in [3.05, 3.63) is 35.2 Å². The van der Waals surface area contributed by atoms with E-state index in [2.05, 4.69) is 33.8 Å². The molecule has 3 saturated heterocycles. The molecule has 0 aliphatic carbocycles. The van der Waals surface area contributed by atoms with Crippen molar-refractivity contribution in [3.63, 3.8) is 0 Å². The van der Waals surface area contributed by atoms with Gasteiger partial charge in [0.05, 0.1) is 31.4 Å². The highest BCUT2D eigenvalue weighted by Crippen LogP contribution is 2.34. The predicted octanol–water partition coefficient (Wildman–Crippen LogP) is 1.39. The molecular weight excluding hydrogens is 467 g/mol. The van der Waals surface area contributed by atoms with Crippen LogP contribution in [0.4, 0.5) is 5.82 Å². The summed E-state index contributed by atoms with van der Waals surface area (Å²) in [4.78, 5) is 14.1. The summed E-state index contributed by atoms with van der Waals surface area (Å²) in [5.74, 6) is 2.68. The van der Waals surface area contributed by atoms with Crippen molar-refractivity contribution in [1.29, 1.82) is 0 Å². The predicted molar refractivity (Wildman–Crippen MR) is 143 cm³/mol. The number of piperidine rings is 1. The molecule has 3 aromatic rings. The first-order valence-corrected chi connectivity index (χ1v) is 13.4. The fraction of sp³-hybridized carbons (Fsp3) is 0.593. The zero-order chi connectivity index (χ0) is 25.5. The Kier molecular flexibility index (Phi) is 6.92. The standard InChI is InChI=1S/C27H35BN6O3/c1-17-11-23-24(12-22(17)19-3-6-32(7-4-19)20-5-9-36-16-20)34(31-27(23)28)26-13-25(29-18(2)30-26)33-8-10-37-21(14-33)15-35/h11-13,19-21,35H,3-10,14-16H2,1-2H3/t20-,21+/m0/s1. The zero-order valence-electron chi connectivity index (χ0n) is 21.8. The van der Waals surface area contributed by atoms with E-state index in [9.17, 15) is 5.11 Å². The van der Waals surface area contributed by atoms with Crippen LogP contribution in [-0.4, -0.2) is 102 Å². The average Bonchev–Trinajstić information content (AvgIpc) is 3.57. The van der Waals surface area contributed by atoms with Crippen LogP contribution in [0.15, 0.2) is 18.2 Å². The molecule has 3 aliphatic heterocycles. The highest BCUT2D eigenvalue weighted by Gasteiger charge is 2.29. The number of aromatic nitrogens is 4. The van der Waals surface area contributed by atoms with Crippen LogP contribution in [-0.2, 0) is 9.47 Å². The maximum absolute atomic E-state index is 9.57. The van der Waals surface area contributed by atoms with E-state index in [4.69, 9.17) is 27.4 Å². The highest BCUT2D eigenvalue weighted by molar-refractivity contribution is 6.37. The lowest BCUT2D eigenvalue weighted by molar-refractivity contribution is 0.00335. The molecule has 2 atom stereocenters. The molecule has 3 fully saturated rings. The topological polar surface area (TPSA) is 88.8 Å². The SMILES string of the molecule is [B]c1nn(-c2cc(N3CCO[C@@H](CO)C3)nc(C)n2)c2cc(C3CCN([C@H]4CCOC4)CC3)c(C)cc12. The normalized spacial score (nSPS) is 23.8. The van der Waals surface area contributed by atoms with E-state index in [-0.39, 0.29) is 12.7 Å². The van der Waals surface area contributed by atoms with Gasteiger partial charge in [-0.15, -0.1) is 0 Å². The molecule has 0 amide bonds. The molecule has 0 unspecified atom stereocenters. The smallest absolute Gasteiger partial charge is 0.159 e. The molecular formula is C27H35BN6O3. The Balaban J connectivity index is 1.31. The fourth-order valence-electron chi connectivity index (χ4n) is 6.15. The largest absolute Gasteiger partial charge is 0.394 e. The molecule has 2 aromatic heterocycles. The van der Waals surface area contributed by atoms with E-state index >= 15 is 0 Å². The fourth-order valence-corrected chi connectivity index (χ4v) is 6.15. The van der Waals surface area contributed by atoms with E-state index in [1.807, 2.05) is 17.7 Å². The molecule has 194 valence electrons. The van der Waals surface area contributed by atoms with Gasteiger partial charge in [0.25, 0.3) is 0 Å².